The lowest BCUT2D eigenvalue weighted by Crippen LogP contribution is -2.37. The minimum atomic E-state index is -0.498. The van der Waals surface area contributed by atoms with E-state index in [1.54, 1.807) is 25.1 Å². The molecule has 150 valence electrons. The topological polar surface area (TPSA) is 117 Å². The maximum absolute atomic E-state index is 12.6. The van der Waals surface area contributed by atoms with Gasteiger partial charge in [0.2, 0.25) is 12.7 Å². The van der Waals surface area contributed by atoms with E-state index in [1.807, 2.05) is 0 Å². The van der Waals surface area contributed by atoms with Crippen LogP contribution in [0, 0.1) is 6.92 Å². The molecule has 0 fully saturated rings. The van der Waals surface area contributed by atoms with Crippen LogP contribution >= 0.6 is 11.8 Å². The summed E-state index contributed by atoms with van der Waals surface area (Å²) in [4.78, 5) is 45.7. The summed E-state index contributed by atoms with van der Waals surface area (Å²) in [5.74, 6) is 1.34. The Morgan fingerprint density at radius 2 is 1.93 bits per heavy atom. The second-order valence-corrected chi connectivity index (χ2v) is 7.35. The van der Waals surface area contributed by atoms with Gasteiger partial charge in [-0.05, 0) is 19.1 Å². The van der Waals surface area contributed by atoms with E-state index in [4.69, 9.17) is 9.47 Å². The third-order valence-corrected chi connectivity index (χ3v) is 5.35. The van der Waals surface area contributed by atoms with Gasteiger partial charge in [0, 0.05) is 25.8 Å². The quantitative estimate of drug-likeness (QED) is 0.491. The molecule has 1 N–H and O–H groups in total. The number of ether oxygens (including phenoxy) is 2. The van der Waals surface area contributed by atoms with Crippen molar-refractivity contribution in [2.24, 2.45) is 14.1 Å². The summed E-state index contributed by atoms with van der Waals surface area (Å²) < 4.78 is 12.8. The molecule has 1 aromatic carbocycles. The molecule has 3 heterocycles. The zero-order valence-corrected chi connectivity index (χ0v) is 16.7. The van der Waals surface area contributed by atoms with E-state index in [0.29, 0.717) is 28.0 Å². The summed E-state index contributed by atoms with van der Waals surface area (Å²) in [6.45, 7) is 1.82. The number of hydrogen-bond acceptors (Lipinski definition) is 8. The van der Waals surface area contributed by atoms with Crippen molar-refractivity contribution in [3.63, 3.8) is 0 Å². The lowest BCUT2D eigenvalue weighted by Gasteiger charge is -2.11. The average molecular weight is 415 g/mol. The van der Waals surface area contributed by atoms with Crippen LogP contribution in [0.4, 0.5) is 5.69 Å². The molecule has 0 spiro atoms. The van der Waals surface area contributed by atoms with Crippen LogP contribution in [0.25, 0.3) is 11.0 Å². The normalized spacial score (nSPS) is 12.4. The van der Waals surface area contributed by atoms with E-state index in [0.717, 1.165) is 16.3 Å². The highest BCUT2D eigenvalue weighted by molar-refractivity contribution is 8.00. The fourth-order valence-corrected chi connectivity index (χ4v) is 3.80. The monoisotopic (exact) mass is 415 g/mol. The Balaban J connectivity index is 1.59. The Bertz CT molecular complexity index is 1270. The van der Waals surface area contributed by atoms with Gasteiger partial charge in [-0.3, -0.25) is 18.7 Å². The van der Waals surface area contributed by atoms with Crippen LogP contribution in [0.5, 0.6) is 11.5 Å². The minimum Gasteiger partial charge on any atom is -0.454 e. The highest BCUT2D eigenvalue weighted by Crippen LogP contribution is 2.34. The third-order valence-electron chi connectivity index (χ3n) is 4.37. The Morgan fingerprint density at radius 1 is 1.17 bits per heavy atom. The van der Waals surface area contributed by atoms with E-state index in [9.17, 15) is 14.4 Å². The molecule has 0 bridgehead atoms. The van der Waals surface area contributed by atoms with Crippen LogP contribution in [-0.2, 0) is 18.9 Å². The Hall–Kier alpha value is -3.34. The molecular formula is C18H17N5O5S. The molecule has 1 aliphatic heterocycles. The number of carbonyl (C=O) groups is 1. The molecule has 0 aliphatic carbocycles. The Kier molecular flexibility index (Phi) is 4.74. The molecule has 0 unspecified atom stereocenters. The molecule has 0 saturated heterocycles. The van der Waals surface area contributed by atoms with Crippen molar-refractivity contribution in [1.82, 2.24) is 19.1 Å². The van der Waals surface area contributed by atoms with Crippen LogP contribution in [0.1, 0.15) is 5.82 Å². The smallest absolute Gasteiger partial charge is 0.332 e. The summed E-state index contributed by atoms with van der Waals surface area (Å²) >= 11 is 1.11. The van der Waals surface area contributed by atoms with Gasteiger partial charge in [-0.2, -0.15) is 0 Å². The predicted molar refractivity (Wildman–Crippen MR) is 107 cm³/mol. The zero-order chi connectivity index (χ0) is 20.7. The van der Waals surface area contributed by atoms with Crippen molar-refractivity contribution >= 4 is 34.4 Å². The first kappa shape index (κ1) is 19.0. The number of thioether (sulfide) groups is 1. The number of benzene rings is 1. The SMILES string of the molecule is Cc1nc(SCC(=O)Nc2ccc3c(c2)OCO3)c2c(=O)n(C)c(=O)n(C)c2n1. The number of amides is 1. The summed E-state index contributed by atoms with van der Waals surface area (Å²) in [7, 11) is 2.93. The molecule has 1 aliphatic rings. The molecule has 4 rings (SSSR count). The fourth-order valence-electron chi connectivity index (χ4n) is 2.94. The molecule has 0 atom stereocenters. The summed E-state index contributed by atoms with van der Waals surface area (Å²) in [6, 6.07) is 5.11. The summed E-state index contributed by atoms with van der Waals surface area (Å²) in [5, 5.41) is 3.33. The van der Waals surface area contributed by atoms with E-state index in [-0.39, 0.29) is 29.5 Å². The maximum Gasteiger partial charge on any atom is 0.332 e. The van der Waals surface area contributed by atoms with Gasteiger partial charge >= 0.3 is 5.69 Å². The highest BCUT2D eigenvalue weighted by atomic mass is 32.2. The number of aromatic nitrogens is 4. The molecular weight excluding hydrogens is 398 g/mol. The lowest BCUT2D eigenvalue weighted by atomic mass is 10.3. The average Bonchev–Trinajstić information content (AvgIpc) is 3.16. The number of anilines is 1. The first-order chi connectivity index (χ1) is 13.8. The first-order valence-electron chi connectivity index (χ1n) is 8.62. The number of nitrogens with zero attached hydrogens (tertiary/aromatic N) is 4. The number of aryl methyl sites for hydroxylation is 2. The number of hydrogen-bond donors (Lipinski definition) is 1. The van der Waals surface area contributed by atoms with Crippen molar-refractivity contribution in [3.05, 3.63) is 44.9 Å². The van der Waals surface area contributed by atoms with Crippen molar-refractivity contribution in [2.75, 3.05) is 17.9 Å². The summed E-state index contributed by atoms with van der Waals surface area (Å²) in [6.07, 6.45) is 0. The number of carbonyl (C=O) groups excluding carboxylic acids is 1. The lowest BCUT2D eigenvalue weighted by molar-refractivity contribution is -0.113. The molecule has 29 heavy (non-hydrogen) atoms. The zero-order valence-electron chi connectivity index (χ0n) is 15.9. The first-order valence-corrected chi connectivity index (χ1v) is 9.60. The number of rotatable bonds is 4. The van der Waals surface area contributed by atoms with Gasteiger partial charge in [0.05, 0.1) is 5.75 Å². The molecule has 1 amide bonds. The van der Waals surface area contributed by atoms with Crippen molar-refractivity contribution < 1.29 is 14.3 Å². The standard InChI is InChI=1S/C18H17N5O5S/c1-9-19-15-14(17(25)23(3)18(26)22(15)2)16(20-9)29-7-13(24)21-10-4-5-11-12(6-10)28-8-27-11/h4-6H,7-8H2,1-3H3,(H,21,24). The minimum absolute atomic E-state index is 0.0198. The molecule has 3 aromatic rings. The summed E-state index contributed by atoms with van der Waals surface area (Å²) in [5.41, 5.74) is -0.162. The molecule has 2 aromatic heterocycles. The number of nitrogens with one attached hydrogen (secondary N) is 1. The second kappa shape index (κ2) is 7.24. The van der Waals surface area contributed by atoms with Gasteiger partial charge in [0.15, 0.2) is 17.1 Å². The highest BCUT2D eigenvalue weighted by Gasteiger charge is 2.18. The van der Waals surface area contributed by atoms with Gasteiger partial charge in [0.1, 0.15) is 16.2 Å². The molecule has 0 saturated carbocycles. The largest absolute Gasteiger partial charge is 0.454 e. The second-order valence-electron chi connectivity index (χ2n) is 6.39. The maximum atomic E-state index is 12.6. The van der Waals surface area contributed by atoms with Gasteiger partial charge in [-0.15, -0.1) is 0 Å². The van der Waals surface area contributed by atoms with E-state index >= 15 is 0 Å². The Labute approximate surface area is 168 Å². The van der Waals surface area contributed by atoms with Gasteiger partial charge in [-0.25, -0.2) is 14.8 Å². The Morgan fingerprint density at radius 3 is 2.72 bits per heavy atom. The van der Waals surface area contributed by atoms with Crippen LogP contribution in [0.15, 0.2) is 32.8 Å². The number of fused-ring (bicyclic) bond motifs is 2. The van der Waals surface area contributed by atoms with Crippen molar-refractivity contribution in [3.8, 4) is 11.5 Å². The van der Waals surface area contributed by atoms with Crippen LogP contribution in [-0.4, -0.2) is 37.6 Å². The predicted octanol–water partition coefficient (Wildman–Crippen LogP) is 0.795. The van der Waals surface area contributed by atoms with Crippen LogP contribution in [0.3, 0.4) is 0 Å². The molecule has 10 nitrogen and oxygen atoms in total. The van der Waals surface area contributed by atoms with Gasteiger partial charge in [0.25, 0.3) is 5.56 Å². The van der Waals surface area contributed by atoms with Gasteiger partial charge < -0.3 is 14.8 Å². The van der Waals surface area contributed by atoms with E-state index in [2.05, 4.69) is 15.3 Å². The van der Waals surface area contributed by atoms with E-state index < -0.39 is 11.2 Å². The van der Waals surface area contributed by atoms with Gasteiger partial charge in [-0.1, -0.05) is 11.8 Å². The van der Waals surface area contributed by atoms with Crippen LogP contribution in [0.2, 0.25) is 0 Å². The van der Waals surface area contributed by atoms with E-state index in [1.165, 1.54) is 18.7 Å². The third kappa shape index (κ3) is 3.44. The van der Waals surface area contributed by atoms with Crippen LogP contribution < -0.4 is 26.0 Å². The van der Waals surface area contributed by atoms with Crippen molar-refractivity contribution in [1.29, 1.82) is 0 Å². The molecule has 11 heteroatoms. The fraction of sp³-hybridized carbons (Fsp3) is 0.278. The van der Waals surface area contributed by atoms with Crippen molar-refractivity contribution in [2.45, 2.75) is 11.9 Å². The molecule has 0 radical (unpaired) electrons.